The lowest BCUT2D eigenvalue weighted by Gasteiger charge is -2.11. The van der Waals surface area contributed by atoms with Gasteiger partial charge >= 0.3 is 0 Å². The van der Waals surface area contributed by atoms with Gasteiger partial charge in [0, 0.05) is 106 Å². The topological polar surface area (TPSA) is 129 Å². The van der Waals surface area contributed by atoms with Crippen molar-refractivity contribution in [1.29, 1.82) is 0 Å². The molecule has 0 aliphatic heterocycles. The molecule has 0 aliphatic rings. The minimum atomic E-state index is 0.601. The SMILES string of the molecule is c1ccc(-c2ccc(-c3nc(-c4ccccc4)nc(-c4ccc(-c5nc6ccc(-c7cccc8c7sc7ccccc78)cc6c6oc7ccccc7c56)cc4)n3)cc2)cc1.c1ccc(-c2nc(-c3ccccc3)nc(-c3ccc(-c4nc5ccc(-c6cccc7c6sc6ccccc67)cc5c5oc6ccccc6c45)cc3)n2)cc1. The molecule has 12 heteroatoms. The largest absolute Gasteiger partial charge is 0.455 e. The van der Waals surface area contributed by atoms with Gasteiger partial charge in [-0.3, -0.25) is 0 Å². The molecule has 532 valence electrons. The fourth-order valence-corrected chi connectivity index (χ4v) is 18.4. The number of fused-ring (bicyclic) bond motifs is 16. The number of nitrogens with zero attached hydrogens (tertiary/aromatic N) is 8. The second-order valence-electron chi connectivity index (χ2n) is 28.4. The molecule has 0 N–H and O–H groups in total. The Hall–Kier alpha value is -14.8. The highest BCUT2D eigenvalue weighted by atomic mass is 32.1. The second kappa shape index (κ2) is 27.6. The normalized spacial score (nSPS) is 11.7. The molecule has 0 aliphatic carbocycles. The van der Waals surface area contributed by atoms with Gasteiger partial charge in [-0.25, -0.2) is 39.9 Å². The Morgan fingerprint density at radius 3 is 0.851 bits per heavy atom. The highest BCUT2D eigenvalue weighted by molar-refractivity contribution is 7.26. The van der Waals surface area contributed by atoms with Gasteiger partial charge in [-0.05, 0) is 81.9 Å². The Balaban J connectivity index is 0.000000140. The molecule has 114 heavy (non-hydrogen) atoms. The van der Waals surface area contributed by atoms with Crippen LogP contribution in [0.3, 0.4) is 0 Å². The Kier molecular flexibility index (Phi) is 16.0. The molecule has 0 bridgehead atoms. The maximum Gasteiger partial charge on any atom is 0.164 e. The average Bonchev–Trinajstić information content (AvgIpc) is 1.55. The second-order valence-corrected chi connectivity index (χ2v) is 30.5. The molecule has 23 aromatic rings. The number of hydrogen-bond acceptors (Lipinski definition) is 12. The number of furan rings is 2. The monoisotopic (exact) mass is 1490 g/mol. The number of para-hydroxylation sites is 2. The molecule has 10 nitrogen and oxygen atoms in total. The van der Waals surface area contributed by atoms with E-state index in [4.69, 9.17) is 48.7 Å². The van der Waals surface area contributed by atoms with Gasteiger partial charge in [0.1, 0.15) is 22.3 Å². The maximum absolute atomic E-state index is 6.73. The van der Waals surface area contributed by atoms with Crippen LogP contribution in [-0.2, 0) is 0 Å². The highest BCUT2D eigenvalue weighted by Crippen LogP contribution is 2.47. The van der Waals surface area contributed by atoms with Gasteiger partial charge in [0.2, 0.25) is 0 Å². The van der Waals surface area contributed by atoms with Crippen molar-refractivity contribution < 1.29 is 8.83 Å². The third kappa shape index (κ3) is 11.7. The van der Waals surface area contributed by atoms with E-state index in [0.29, 0.717) is 34.9 Å². The van der Waals surface area contributed by atoms with Crippen molar-refractivity contribution in [2.75, 3.05) is 0 Å². The van der Waals surface area contributed by atoms with E-state index in [0.717, 1.165) is 144 Å². The first kappa shape index (κ1) is 66.2. The van der Waals surface area contributed by atoms with Gasteiger partial charge in [0.15, 0.2) is 34.9 Å². The Morgan fingerprint density at radius 1 is 0.193 bits per heavy atom. The summed E-state index contributed by atoms with van der Waals surface area (Å²) in [7, 11) is 0. The molecule has 0 spiro atoms. The molecule has 0 saturated carbocycles. The third-order valence-corrected chi connectivity index (χ3v) is 23.9. The summed E-state index contributed by atoms with van der Waals surface area (Å²) in [4.78, 5) is 40.4. The summed E-state index contributed by atoms with van der Waals surface area (Å²) < 4.78 is 18.6. The summed E-state index contributed by atoms with van der Waals surface area (Å²) >= 11 is 3.69. The van der Waals surface area contributed by atoms with Crippen molar-refractivity contribution in [2.45, 2.75) is 0 Å². The predicted octanol–water partition coefficient (Wildman–Crippen LogP) is 27.7. The van der Waals surface area contributed by atoms with Crippen molar-refractivity contribution >= 4 is 129 Å². The molecule has 0 fully saturated rings. The molecule has 0 radical (unpaired) electrons. The van der Waals surface area contributed by atoms with Gasteiger partial charge in [-0.2, -0.15) is 0 Å². The third-order valence-electron chi connectivity index (χ3n) is 21.5. The molecule has 8 aromatic heterocycles. The van der Waals surface area contributed by atoms with E-state index in [-0.39, 0.29) is 0 Å². The van der Waals surface area contributed by atoms with E-state index in [9.17, 15) is 0 Å². The zero-order chi connectivity index (χ0) is 75.2. The zero-order valence-corrected chi connectivity index (χ0v) is 62.5. The molecule has 0 unspecified atom stereocenters. The van der Waals surface area contributed by atoms with E-state index < -0.39 is 0 Å². The number of rotatable bonds is 11. The molecule has 15 aromatic carbocycles. The molecule has 8 heterocycles. The van der Waals surface area contributed by atoms with Crippen LogP contribution in [0.5, 0.6) is 0 Å². The summed E-state index contributed by atoms with van der Waals surface area (Å²) in [5, 5.41) is 11.2. The smallest absolute Gasteiger partial charge is 0.164 e. The van der Waals surface area contributed by atoms with Crippen LogP contribution in [0.15, 0.2) is 373 Å². The molecule has 0 amide bonds. The number of hydrogen-bond donors (Lipinski definition) is 0. The van der Waals surface area contributed by atoms with Crippen LogP contribution in [0.2, 0.25) is 0 Å². The van der Waals surface area contributed by atoms with Crippen molar-refractivity contribution in [3.05, 3.63) is 364 Å². The van der Waals surface area contributed by atoms with Crippen molar-refractivity contribution in [3.8, 4) is 124 Å². The quantitative estimate of drug-likeness (QED) is 0.123. The molecular formula is C102H60N8O2S2. The van der Waals surface area contributed by atoms with Gasteiger partial charge in [-0.15, -0.1) is 22.7 Å². The lowest BCUT2D eigenvalue weighted by atomic mass is 9.98. The zero-order valence-electron chi connectivity index (χ0n) is 60.9. The Bertz CT molecular complexity index is 7640. The highest BCUT2D eigenvalue weighted by Gasteiger charge is 2.24. The summed E-state index contributed by atoms with van der Waals surface area (Å²) in [6.45, 7) is 0. The van der Waals surface area contributed by atoms with Gasteiger partial charge < -0.3 is 8.83 Å². The lowest BCUT2D eigenvalue weighted by molar-refractivity contribution is 0.672. The minimum absolute atomic E-state index is 0.601. The van der Waals surface area contributed by atoms with Crippen molar-refractivity contribution in [2.24, 2.45) is 0 Å². The fraction of sp³-hybridized carbons (Fsp3) is 0. The fourth-order valence-electron chi connectivity index (χ4n) is 15.9. The predicted molar refractivity (Wildman–Crippen MR) is 470 cm³/mol. The lowest BCUT2D eigenvalue weighted by Crippen LogP contribution is -2.00. The van der Waals surface area contributed by atoms with Crippen LogP contribution in [0.4, 0.5) is 0 Å². The van der Waals surface area contributed by atoms with Crippen LogP contribution < -0.4 is 0 Å². The Labute approximate surface area is 661 Å². The molecule has 0 saturated heterocycles. The van der Waals surface area contributed by atoms with E-state index in [2.05, 4.69) is 243 Å². The molecular weight excluding hydrogens is 1430 g/mol. The van der Waals surface area contributed by atoms with E-state index >= 15 is 0 Å². The summed E-state index contributed by atoms with van der Waals surface area (Å²) in [6.07, 6.45) is 0. The number of benzene rings is 15. The first-order valence-electron chi connectivity index (χ1n) is 37.8. The number of thiophene rings is 2. The summed E-state index contributed by atoms with van der Waals surface area (Å²) in [6, 6.07) is 126. The first-order valence-corrected chi connectivity index (χ1v) is 39.5. The number of pyridine rings is 2. The van der Waals surface area contributed by atoms with E-state index in [1.807, 2.05) is 144 Å². The first-order chi connectivity index (χ1) is 56.5. The number of aromatic nitrogens is 8. The molecule has 0 atom stereocenters. The minimum Gasteiger partial charge on any atom is -0.455 e. The Morgan fingerprint density at radius 2 is 0.474 bits per heavy atom. The average molecular weight is 1490 g/mol. The molecule has 23 rings (SSSR count). The summed E-state index contributed by atoms with van der Waals surface area (Å²) in [5.41, 5.74) is 21.3. The standard InChI is InChI=1S/C54H32N4OS.C48H28N4OS/c1-3-12-33(13-4-1)34-22-26-37(27-23-34)53-56-52(36-14-5-2-6-15-36)57-54(58-53)38-28-24-35(25-29-38)49-48-43-17-7-9-20-46(43)59-50(48)44-32-39(30-31-45(44)55-49)40-18-11-19-42-41-16-8-10-21-47(41)60-51(40)42;1-3-12-30(13-4-1)46-50-47(31-14-5-2-6-15-31)52-48(51-46)32-24-22-29(23-25-32)43-42-37-17-7-9-20-40(37)53-44(42)38-28-33(26-27-39(38)49-43)34-18-11-19-36-35-16-8-10-21-41(35)54-45(34)36/h1-32H;1-28H. The van der Waals surface area contributed by atoms with Crippen LogP contribution in [0, 0.1) is 0 Å². The van der Waals surface area contributed by atoms with E-state index in [1.54, 1.807) is 0 Å². The maximum atomic E-state index is 6.73. The summed E-state index contributed by atoms with van der Waals surface area (Å²) in [5.74, 6) is 3.72. The van der Waals surface area contributed by atoms with Crippen molar-refractivity contribution in [1.82, 2.24) is 39.9 Å². The van der Waals surface area contributed by atoms with Gasteiger partial charge in [0.05, 0.1) is 33.2 Å². The van der Waals surface area contributed by atoms with Crippen molar-refractivity contribution in [3.63, 3.8) is 0 Å². The van der Waals surface area contributed by atoms with Gasteiger partial charge in [-0.1, -0.05) is 315 Å². The van der Waals surface area contributed by atoms with Crippen LogP contribution in [0.1, 0.15) is 0 Å². The van der Waals surface area contributed by atoms with Crippen LogP contribution >= 0.6 is 22.7 Å². The van der Waals surface area contributed by atoms with E-state index in [1.165, 1.54) is 51.5 Å². The van der Waals surface area contributed by atoms with Crippen LogP contribution in [0.25, 0.3) is 230 Å². The van der Waals surface area contributed by atoms with Gasteiger partial charge in [0.25, 0.3) is 0 Å². The van der Waals surface area contributed by atoms with Crippen LogP contribution in [-0.4, -0.2) is 39.9 Å².